The second kappa shape index (κ2) is 6.34. The Morgan fingerprint density at radius 3 is 2.45 bits per heavy atom. The molecule has 2 N–H and O–H groups in total. The summed E-state index contributed by atoms with van der Waals surface area (Å²) in [5.41, 5.74) is 6.48. The number of hydrogen-bond acceptors (Lipinski definition) is 4. The second-order valence-corrected chi connectivity index (χ2v) is 5.81. The summed E-state index contributed by atoms with van der Waals surface area (Å²) < 4.78 is 0. The van der Waals surface area contributed by atoms with Crippen LogP contribution >= 0.6 is 0 Å². The number of likely N-dealkylation sites (N-methyl/N-ethyl adjacent to an activating group) is 1. The average Bonchev–Trinajstić information content (AvgIpc) is 2.53. The number of rotatable bonds is 4. The number of carbonyl (C=O) groups excluding carboxylic acids is 1. The van der Waals surface area contributed by atoms with E-state index in [4.69, 9.17) is 5.73 Å². The molecule has 0 aliphatic carbocycles. The molecule has 2 aromatic carbocycles. The topological polar surface area (TPSA) is 52.8 Å². The number of hydrogen-bond donors (Lipinski definition) is 1. The summed E-state index contributed by atoms with van der Waals surface area (Å²) in [6.07, 6.45) is 0. The number of primary amides is 1. The molecule has 5 heteroatoms. The molecular weight excluding hydrogens is 276 g/mol. The maximum atomic E-state index is 11.5. The number of fused-ring (bicyclic) bond motifs is 1. The Morgan fingerprint density at radius 2 is 1.77 bits per heavy atom. The van der Waals surface area contributed by atoms with Crippen molar-refractivity contribution < 1.29 is 4.79 Å². The van der Waals surface area contributed by atoms with Crippen LogP contribution in [0.2, 0.25) is 0 Å². The normalized spacial score (nSPS) is 16.8. The Balaban J connectivity index is 1.91. The van der Waals surface area contributed by atoms with E-state index in [-0.39, 0.29) is 12.5 Å². The van der Waals surface area contributed by atoms with Crippen LogP contribution in [0.4, 0.5) is 5.69 Å². The van der Waals surface area contributed by atoms with E-state index in [0.717, 1.165) is 31.9 Å². The van der Waals surface area contributed by atoms with Crippen molar-refractivity contribution in [2.45, 2.75) is 0 Å². The Morgan fingerprint density at radius 1 is 1.09 bits per heavy atom. The molecule has 1 aliphatic rings. The van der Waals surface area contributed by atoms with Crippen LogP contribution in [0.25, 0.3) is 10.8 Å². The maximum Gasteiger partial charge on any atom is 0.238 e. The summed E-state index contributed by atoms with van der Waals surface area (Å²) in [7, 11) is 2.12. The van der Waals surface area contributed by atoms with Gasteiger partial charge in [0.2, 0.25) is 5.91 Å². The minimum Gasteiger partial charge on any atom is -0.368 e. The van der Waals surface area contributed by atoms with E-state index >= 15 is 0 Å². The predicted octanol–water partition coefficient (Wildman–Crippen LogP) is 1.29. The van der Waals surface area contributed by atoms with E-state index in [1.807, 2.05) is 17.1 Å². The lowest BCUT2D eigenvalue weighted by molar-refractivity contribution is -0.117. The molecule has 0 bridgehead atoms. The van der Waals surface area contributed by atoms with Crippen molar-refractivity contribution >= 4 is 22.4 Å². The van der Waals surface area contributed by atoms with Crippen molar-refractivity contribution in [1.82, 2.24) is 9.91 Å². The van der Waals surface area contributed by atoms with Gasteiger partial charge in [0.15, 0.2) is 0 Å². The third-order valence-electron chi connectivity index (χ3n) is 4.16. The van der Waals surface area contributed by atoms with Crippen molar-refractivity contribution in [2.75, 3.05) is 44.8 Å². The molecule has 1 saturated heterocycles. The van der Waals surface area contributed by atoms with Gasteiger partial charge in [-0.1, -0.05) is 30.3 Å². The van der Waals surface area contributed by atoms with Gasteiger partial charge in [-0.2, -0.15) is 0 Å². The van der Waals surface area contributed by atoms with Crippen molar-refractivity contribution in [2.24, 2.45) is 5.73 Å². The molecule has 2 aromatic rings. The lowest BCUT2D eigenvalue weighted by Gasteiger charge is -2.40. The van der Waals surface area contributed by atoms with Crippen LogP contribution in [-0.4, -0.2) is 55.6 Å². The quantitative estimate of drug-likeness (QED) is 0.924. The number of amides is 1. The smallest absolute Gasteiger partial charge is 0.238 e. The number of piperazine rings is 1. The molecule has 0 spiro atoms. The fourth-order valence-corrected chi connectivity index (χ4v) is 2.88. The highest BCUT2D eigenvalue weighted by Gasteiger charge is 2.22. The lowest BCUT2D eigenvalue weighted by atomic mass is 10.1. The first-order chi connectivity index (χ1) is 10.6. The van der Waals surface area contributed by atoms with Crippen molar-refractivity contribution in [1.29, 1.82) is 0 Å². The molecule has 22 heavy (non-hydrogen) atoms. The van der Waals surface area contributed by atoms with Crippen LogP contribution in [0.5, 0.6) is 0 Å². The molecular formula is C17H22N4O. The van der Waals surface area contributed by atoms with Crippen molar-refractivity contribution in [3.8, 4) is 0 Å². The van der Waals surface area contributed by atoms with Crippen LogP contribution in [-0.2, 0) is 4.79 Å². The molecule has 116 valence electrons. The van der Waals surface area contributed by atoms with E-state index < -0.39 is 0 Å². The maximum absolute atomic E-state index is 11.5. The molecule has 1 amide bonds. The van der Waals surface area contributed by atoms with E-state index in [2.05, 4.69) is 47.3 Å². The zero-order valence-electron chi connectivity index (χ0n) is 12.9. The van der Waals surface area contributed by atoms with Crippen LogP contribution in [0.3, 0.4) is 0 Å². The average molecular weight is 298 g/mol. The second-order valence-electron chi connectivity index (χ2n) is 5.81. The SMILES string of the molecule is CN1CCN(N(CC(N)=O)c2ccc3ccccc3c2)CC1. The fourth-order valence-electron chi connectivity index (χ4n) is 2.88. The van der Waals surface area contributed by atoms with E-state index in [0.29, 0.717) is 0 Å². The first-order valence-corrected chi connectivity index (χ1v) is 7.61. The lowest BCUT2D eigenvalue weighted by Crippen LogP contribution is -2.55. The van der Waals surface area contributed by atoms with Gasteiger partial charge in [-0.15, -0.1) is 0 Å². The summed E-state index contributed by atoms with van der Waals surface area (Å²) in [6.45, 7) is 3.99. The number of benzene rings is 2. The van der Waals surface area contributed by atoms with Crippen molar-refractivity contribution in [3.05, 3.63) is 42.5 Å². The van der Waals surface area contributed by atoms with Gasteiger partial charge >= 0.3 is 0 Å². The molecule has 0 atom stereocenters. The van der Waals surface area contributed by atoms with E-state index in [1.165, 1.54) is 10.8 Å². The first-order valence-electron chi connectivity index (χ1n) is 7.61. The number of nitrogens with zero attached hydrogens (tertiary/aromatic N) is 3. The number of nitrogens with two attached hydrogens (primary N) is 1. The molecule has 0 unspecified atom stereocenters. The van der Waals surface area contributed by atoms with Crippen LogP contribution < -0.4 is 10.7 Å². The summed E-state index contributed by atoms with van der Waals surface area (Å²) in [4.78, 5) is 13.8. The third-order valence-corrected chi connectivity index (χ3v) is 4.16. The minimum atomic E-state index is -0.313. The van der Waals surface area contributed by atoms with Crippen LogP contribution in [0.15, 0.2) is 42.5 Å². The molecule has 1 heterocycles. The molecule has 3 rings (SSSR count). The van der Waals surface area contributed by atoms with Crippen LogP contribution in [0.1, 0.15) is 0 Å². The minimum absolute atomic E-state index is 0.210. The molecule has 5 nitrogen and oxygen atoms in total. The van der Waals surface area contributed by atoms with Gasteiger partial charge in [0.25, 0.3) is 0 Å². The highest BCUT2D eigenvalue weighted by molar-refractivity contribution is 5.87. The molecule has 1 fully saturated rings. The Bertz CT molecular complexity index is 665. The fraction of sp³-hybridized carbons (Fsp3) is 0.353. The van der Waals surface area contributed by atoms with Gasteiger partial charge in [0.1, 0.15) is 6.54 Å². The summed E-state index contributed by atoms with van der Waals surface area (Å²) in [5.74, 6) is -0.313. The predicted molar refractivity (Wildman–Crippen MR) is 89.6 cm³/mol. The van der Waals surface area contributed by atoms with Crippen LogP contribution in [0, 0.1) is 0 Å². The van der Waals surface area contributed by atoms with Gasteiger partial charge in [-0.05, 0) is 30.0 Å². The largest absolute Gasteiger partial charge is 0.368 e. The van der Waals surface area contributed by atoms with E-state index in [9.17, 15) is 4.79 Å². The van der Waals surface area contributed by atoms with Crippen molar-refractivity contribution in [3.63, 3.8) is 0 Å². The summed E-state index contributed by atoms with van der Waals surface area (Å²) in [5, 5.41) is 6.60. The molecule has 1 aliphatic heterocycles. The van der Waals surface area contributed by atoms with Gasteiger partial charge in [-0.25, -0.2) is 5.01 Å². The van der Waals surface area contributed by atoms with Gasteiger partial charge in [0.05, 0.1) is 5.69 Å². The molecule has 0 saturated carbocycles. The Kier molecular flexibility index (Phi) is 4.27. The number of carbonyl (C=O) groups is 1. The van der Waals surface area contributed by atoms with Gasteiger partial charge in [-0.3, -0.25) is 9.80 Å². The Labute approximate surface area is 130 Å². The van der Waals surface area contributed by atoms with E-state index in [1.54, 1.807) is 0 Å². The number of hydrazine groups is 1. The molecule has 0 aromatic heterocycles. The first kappa shape index (κ1) is 14.8. The highest BCUT2D eigenvalue weighted by atomic mass is 16.1. The third kappa shape index (κ3) is 3.21. The molecule has 0 radical (unpaired) electrons. The summed E-state index contributed by atoms with van der Waals surface area (Å²) >= 11 is 0. The number of anilines is 1. The highest BCUT2D eigenvalue weighted by Crippen LogP contribution is 2.23. The summed E-state index contributed by atoms with van der Waals surface area (Å²) in [6, 6.07) is 14.5. The zero-order chi connectivity index (χ0) is 15.5. The Hall–Kier alpha value is -2.11. The monoisotopic (exact) mass is 298 g/mol. The standard InChI is InChI=1S/C17H22N4O/c1-19-8-10-20(11-9-19)21(13-17(18)22)16-7-6-14-4-2-3-5-15(14)12-16/h2-7,12H,8-11,13H2,1H3,(H2,18,22). The van der Waals surface area contributed by atoms with Gasteiger partial charge in [0, 0.05) is 26.2 Å². The van der Waals surface area contributed by atoms with Gasteiger partial charge < -0.3 is 10.6 Å². The zero-order valence-corrected chi connectivity index (χ0v) is 12.9.